The number of carbonyl (C=O) groups excluding carboxylic acids is 1. The molecule has 0 unspecified atom stereocenters. The number of pyridine rings is 1. The van der Waals surface area contributed by atoms with Crippen molar-refractivity contribution in [2.24, 2.45) is 5.73 Å². The number of nitrogens with zero attached hydrogens (tertiary/aromatic N) is 1. The Morgan fingerprint density at radius 2 is 2.10 bits per heavy atom. The molecular weight excluding hydrogens is 338 g/mol. The van der Waals surface area contributed by atoms with Crippen molar-refractivity contribution in [3.05, 3.63) is 57.8 Å². The number of benzene rings is 1. The minimum atomic E-state index is -0.230. The SMILES string of the molecule is Cc1cc(C(=O)Nc2cc(Br)ccc2C(N)=S)ccn1. The first kappa shape index (κ1) is 14.6. The summed E-state index contributed by atoms with van der Waals surface area (Å²) < 4.78 is 0.832. The van der Waals surface area contributed by atoms with Gasteiger partial charge in [0.15, 0.2) is 0 Å². The van der Waals surface area contributed by atoms with Crippen LogP contribution >= 0.6 is 28.1 Å². The molecule has 0 radical (unpaired) electrons. The average Bonchev–Trinajstić information content (AvgIpc) is 2.38. The Kier molecular flexibility index (Phi) is 4.46. The number of anilines is 1. The van der Waals surface area contributed by atoms with E-state index in [1.807, 2.05) is 13.0 Å². The summed E-state index contributed by atoms with van der Waals surface area (Å²) in [6, 6.07) is 8.72. The van der Waals surface area contributed by atoms with Gasteiger partial charge in [-0.1, -0.05) is 28.1 Å². The number of rotatable bonds is 3. The number of hydrogen-bond donors (Lipinski definition) is 2. The van der Waals surface area contributed by atoms with E-state index in [4.69, 9.17) is 18.0 Å². The molecule has 1 heterocycles. The molecule has 1 aromatic heterocycles. The third-order valence-electron chi connectivity index (χ3n) is 2.65. The van der Waals surface area contributed by atoms with Crippen LogP contribution in [-0.4, -0.2) is 15.9 Å². The van der Waals surface area contributed by atoms with E-state index in [9.17, 15) is 4.79 Å². The molecule has 1 amide bonds. The second-order valence-electron chi connectivity index (χ2n) is 4.19. The zero-order chi connectivity index (χ0) is 14.7. The first-order valence-corrected chi connectivity index (χ1v) is 7.01. The number of halogens is 1. The smallest absolute Gasteiger partial charge is 0.255 e. The maximum atomic E-state index is 12.2. The van der Waals surface area contributed by atoms with Crippen LogP contribution in [0.3, 0.4) is 0 Å². The minimum Gasteiger partial charge on any atom is -0.389 e. The molecule has 0 aliphatic rings. The highest BCUT2D eigenvalue weighted by molar-refractivity contribution is 9.10. The second kappa shape index (κ2) is 6.11. The lowest BCUT2D eigenvalue weighted by molar-refractivity contribution is 0.102. The van der Waals surface area contributed by atoms with Crippen LogP contribution in [0, 0.1) is 6.92 Å². The number of hydrogen-bond acceptors (Lipinski definition) is 3. The van der Waals surface area contributed by atoms with Gasteiger partial charge in [0, 0.05) is 27.5 Å². The Labute approximate surface area is 130 Å². The van der Waals surface area contributed by atoms with E-state index in [-0.39, 0.29) is 10.9 Å². The average molecular weight is 350 g/mol. The van der Waals surface area contributed by atoms with E-state index in [0.717, 1.165) is 10.2 Å². The Bertz CT molecular complexity index is 688. The maximum Gasteiger partial charge on any atom is 0.255 e. The predicted molar refractivity (Wildman–Crippen MR) is 87.0 cm³/mol. The van der Waals surface area contributed by atoms with E-state index in [1.54, 1.807) is 30.5 Å². The third kappa shape index (κ3) is 3.40. The number of thiocarbonyl (C=S) groups is 1. The molecule has 0 spiro atoms. The van der Waals surface area contributed by atoms with Crippen molar-refractivity contribution < 1.29 is 4.79 Å². The number of aromatic nitrogens is 1. The van der Waals surface area contributed by atoms with Gasteiger partial charge in [-0.05, 0) is 37.3 Å². The molecule has 6 heteroatoms. The molecule has 0 bridgehead atoms. The van der Waals surface area contributed by atoms with Gasteiger partial charge in [0.25, 0.3) is 5.91 Å². The summed E-state index contributed by atoms with van der Waals surface area (Å²) in [5.41, 5.74) is 8.17. The molecular formula is C14H12BrN3OS. The lowest BCUT2D eigenvalue weighted by atomic mass is 10.1. The van der Waals surface area contributed by atoms with Crippen LogP contribution < -0.4 is 11.1 Å². The van der Waals surface area contributed by atoms with E-state index < -0.39 is 0 Å². The summed E-state index contributed by atoms with van der Waals surface area (Å²) in [5, 5.41) is 2.81. The van der Waals surface area contributed by atoms with Gasteiger partial charge >= 0.3 is 0 Å². The highest BCUT2D eigenvalue weighted by Crippen LogP contribution is 2.22. The number of amides is 1. The van der Waals surface area contributed by atoms with E-state index in [1.165, 1.54) is 0 Å². The van der Waals surface area contributed by atoms with Crippen LogP contribution in [0.5, 0.6) is 0 Å². The summed E-state index contributed by atoms with van der Waals surface area (Å²) in [7, 11) is 0. The highest BCUT2D eigenvalue weighted by atomic mass is 79.9. The van der Waals surface area contributed by atoms with Crippen molar-refractivity contribution in [1.29, 1.82) is 0 Å². The van der Waals surface area contributed by atoms with Gasteiger partial charge in [0.2, 0.25) is 0 Å². The Balaban J connectivity index is 2.32. The Morgan fingerprint density at radius 3 is 2.75 bits per heavy atom. The monoisotopic (exact) mass is 349 g/mol. The number of nitrogens with one attached hydrogen (secondary N) is 1. The van der Waals surface area contributed by atoms with Gasteiger partial charge in [-0.25, -0.2) is 0 Å². The van der Waals surface area contributed by atoms with Gasteiger partial charge in [0.1, 0.15) is 4.99 Å². The first-order chi connectivity index (χ1) is 9.47. The minimum absolute atomic E-state index is 0.230. The zero-order valence-electron chi connectivity index (χ0n) is 10.7. The van der Waals surface area contributed by atoms with E-state index in [2.05, 4.69) is 26.2 Å². The van der Waals surface area contributed by atoms with Crippen molar-refractivity contribution in [2.45, 2.75) is 6.92 Å². The molecule has 102 valence electrons. The quantitative estimate of drug-likeness (QED) is 0.835. The molecule has 3 N–H and O–H groups in total. The zero-order valence-corrected chi connectivity index (χ0v) is 13.1. The molecule has 0 saturated carbocycles. The summed E-state index contributed by atoms with van der Waals surface area (Å²) in [6.07, 6.45) is 1.60. The maximum absolute atomic E-state index is 12.2. The molecule has 1 aromatic carbocycles. The molecule has 0 atom stereocenters. The molecule has 2 rings (SSSR count). The van der Waals surface area contributed by atoms with Gasteiger partial charge in [-0.3, -0.25) is 9.78 Å². The number of carbonyl (C=O) groups is 1. The van der Waals surface area contributed by atoms with Crippen LogP contribution in [-0.2, 0) is 0 Å². The lowest BCUT2D eigenvalue weighted by Crippen LogP contribution is -2.17. The van der Waals surface area contributed by atoms with E-state index >= 15 is 0 Å². The molecule has 20 heavy (non-hydrogen) atoms. The summed E-state index contributed by atoms with van der Waals surface area (Å²) >= 11 is 8.34. The number of aryl methyl sites for hydroxylation is 1. The van der Waals surface area contributed by atoms with Crippen LogP contribution in [0.4, 0.5) is 5.69 Å². The molecule has 2 aromatic rings. The van der Waals surface area contributed by atoms with E-state index in [0.29, 0.717) is 16.8 Å². The van der Waals surface area contributed by atoms with Crippen molar-refractivity contribution in [3.8, 4) is 0 Å². The number of nitrogens with two attached hydrogens (primary N) is 1. The van der Waals surface area contributed by atoms with Crippen molar-refractivity contribution in [3.63, 3.8) is 0 Å². The Morgan fingerprint density at radius 1 is 1.35 bits per heavy atom. The van der Waals surface area contributed by atoms with Crippen molar-refractivity contribution >= 4 is 44.7 Å². The first-order valence-electron chi connectivity index (χ1n) is 5.81. The largest absolute Gasteiger partial charge is 0.389 e. The van der Waals surface area contributed by atoms with Gasteiger partial charge < -0.3 is 11.1 Å². The molecule has 4 nitrogen and oxygen atoms in total. The van der Waals surface area contributed by atoms with Crippen molar-refractivity contribution in [2.75, 3.05) is 5.32 Å². The molecule has 0 aliphatic carbocycles. The second-order valence-corrected chi connectivity index (χ2v) is 5.55. The van der Waals surface area contributed by atoms with Gasteiger partial charge in [0.05, 0.1) is 5.69 Å². The summed E-state index contributed by atoms with van der Waals surface area (Å²) in [6.45, 7) is 1.83. The summed E-state index contributed by atoms with van der Waals surface area (Å²) in [5.74, 6) is -0.230. The fourth-order valence-corrected chi connectivity index (χ4v) is 2.26. The van der Waals surface area contributed by atoms with Crippen molar-refractivity contribution in [1.82, 2.24) is 4.98 Å². The fraction of sp³-hybridized carbons (Fsp3) is 0.0714. The summed E-state index contributed by atoms with van der Waals surface area (Å²) in [4.78, 5) is 16.5. The van der Waals surface area contributed by atoms with Crippen LogP contribution in [0.1, 0.15) is 21.6 Å². The topological polar surface area (TPSA) is 68.0 Å². The Hall–Kier alpha value is -1.79. The molecule has 0 aliphatic heterocycles. The fourth-order valence-electron chi connectivity index (χ4n) is 1.72. The van der Waals surface area contributed by atoms with Crippen LogP contribution in [0.25, 0.3) is 0 Å². The third-order valence-corrected chi connectivity index (χ3v) is 3.37. The lowest BCUT2D eigenvalue weighted by Gasteiger charge is -2.11. The van der Waals surface area contributed by atoms with Crippen LogP contribution in [0.2, 0.25) is 0 Å². The normalized spacial score (nSPS) is 10.1. The van der Waals surface area contributed by atoms with Gasteiger partial charge in [-0.15, -0.1) is 0 Å². The van der Waals surface area contributed by atoms with Gasteiger partial charge in [-0.2, -0.15) is 0 Å². The standard InChI is InChI=1S/C14H12BrN3OS/c1-8-6-9(4-5-17-8)14(19)18-12-7-10(15)2-3-11(12)13(16)20/h2-7H,1H3,(H2,16,20)(H,18,19). The van der Waals surface area contributed by atoms with Crippen LogP contribution in [0.15, 0.2) is 41.0 Å². The molecule has 0 saturated heterocycles. The predicted octanol–water partition coefficient (Wildman–Crippen LogP) is 3.04. The highest BCUT2D eigenvalue weighted by Gasteiger charge is 2.11. The molecule has 0 fully saturated rings.